The van der Waals surface area contributed by atoms with E-state index in [1.54, 1.807) is 12.1 Å². The molecule has 1 aliphatic rings. The summed E-state index contributed by atoms with van der Waals surface area (Å²) in [7, 11) is 0. The van der Waals surface area contributed by atoms with Crippen molar-refractivity contribution in [2.24, 2.45) is 0 Å². The number of anilines is 1. The molecule has 8 heteroatoms. The maximum atomic E-state index is 11.3. The highest BCUT2D eigenvalue weighted by Crippen LogP contribution is 2.31. The molecule has 1 aliphatic heterocycles. The second-order valence-electron chi connectivity index (χ2n) is 6.33. The predicted octanol–water partition coefficient (Wildman–Crippen LogP) is 3.49. The van der Waals surface area contributed by atoms with Crippen molar-refractivity contribution >= 4 is 40.3 Å². The van der Waals surface area contributed by atoms with Crippen LogP contribution in [0.3, 0.4) is 0 Å². The molecule has 6 nitrogen and oxygen atoms in total. The monoisotopic (exact) mass is 404 g/mol. The fraction of sp³-hybridized carbons (Fsp3) is 0.316. The van der Waals surface area contributed by atoms with Crippen LogP contribution in [0.4, 0.5) is 11.4 Å². The van der Waals surface area contributed by atoms with Gasteiger partial charge in [0.1, 0.15) is 5.69 Å². The first-order valence-corrected chi connectivity index (χ1v) is 9.59. The summed E-state index contributed by atoms with van der Waals surface area (Å²) in [5.74, 6) is 0. The first-order chi connectivity index (χ1) is 13.0. The van der Waals surface area contributed by atoms with Crippen LogP contribution < -0.4 is 10.2 Å². The van der Waals surface area contributed by atoms with Crippen molar-refractivity contribution in [1.29, 1.82) is 0 Å². The van der Waals surface area contributed by atoms with Gasteiger partial charge in [-0.15, -0.1) is 0 Å². The first kappa shape index (κ1) is 19.4. The molecule has 0 atom stereocenters. The number of nitro benzene ring substituents is 1. The third-order valence-corrected chi connectivity index (χ3v) is 5.21. The largest absolute Gasteiger partial charge is 0.362 e. The molecule has 0 aromatic heterocycles. The summed E-state index contributed by atoms with van der Waals surface area (Å²) in [6.07, 6.45) is 0.915. The van der Waals surface area contributed by atoms with E-state index in [1.165, 1.54) is 11.6 Å². The van der Waals surface area contributed by atoms with Gasteiger partial charge in [0.15, 0.2) is 5.11 Å². The molecule has 0 aliphatic carbocycles. The molecule has 0 amide bonds. The van der Waals surface area contributed by atoms with Gasteiger partial charge in [0, 0.05) is 43.8 Å². The number of hydrogen-bond acceptors (Lipinski definition) is 4. The minimum absolute atomic E-state index is 0.0412. The number of nitro groups is 1. The molecule has 1 fully saturated rings. The normalized spacial score (nSPS) is 14.1. The number of nitrogens with zero attached hydrogens (tertiary/aromatic N) is 3. The molecule has 0 unspecified atom stereocenters. The SMILES string of the molecule is O=[N+]([O-])c1cc(Cl)ccc1N1CCN(C(=S)NCCc2ccccc2)CC1. The van der Waals surface area contributed by atoms with E-state index in [0.29, 0.717) is 23.8 Å². The van der Waals surface area contributed by atoms with Crippen molar-refractivity contribution in [1.82, 2.24) is 10.2 Å². The Balaban J connectivity index is 1.51. The van der Waals surface area contributed by atoms with E-state index in [1.807, 2.05) is 23.1 Å². The molecule has 3 rings (SSSR count). The molecule has 0 bridgehead atoms. The van der Waals surface area contributed by atoms with Gasteiger partial charge in [-0.05, 0) is 36.3 Å². The zero-order valence-electron chi connectivity index (χ0n) is 14.8. The van der Waals surface area contributed by atoms with Crippen molar-refractivity contribution in [2.75, 3.05) is 37.6 Å². The highest BCUT2D eigenvalue weighted by atomic mass is 35.5. The van der Waals surface area contributed by atoms with Gasteiger partial charge >= 0.3 is 0 Å². The van der Waals surface area contributed by atoms with Crippen LogP contribution in [0, 0.1) is 10.1 Å². The molecule has 1 saturated heterocycles. The van der Waals surface area contributed by atoms with Crippen LogP contribution in [-0.4, -0.2) is 47.7 Å². The smallest absolute Gasteiger partial charge is 0.294 e. The summed E-state index contributed by atoms with van der Waals surface area (Å²) >= 11 is 11.4. The van der Waals surface area contributed by atoms with E-state index >= 15 is 0 Å². The number of halogens is 1. The molecule has 2 aromatic carbocycles. The zero-order valence-corrected chi connectivity index (χ0v) is 16.4. The van der Waals surface area contributed by atoms with E-state index in [9.17, 15) is 10.1 Å². The van der Waals surface area contributed by atoms with Gasteiger partial charge in [-0.3, -0.25) is 10.1 Å². The van der Waals surface area contributed by atoms with E-state index in [-0.39, 0.29) is 10.6 Å². The topological polar surface area (TPSA) is 61.7 Å². The Bertz CT molecular complexity index is 811. The van der Waals surface area contributed by atoms with Crippen molar-refractivity contribution in [2.45, 2.75) is 6.42 Å². The standard InChI is InChI=1S/C19H21ClN4O2S/c20-16-6-7-17(18(14-16)24(25)26)22-10-12-23(13-11-22)19(27)21-9-8-15-4-2-1-3-5-15/h1-7,14H,8-13H2,(H,21,27). The van der Waals surface area contributed by atoms with E-state index < -0.39 is 0 Å². The van der Waals surface area contributed by atoms with Gasteiger partial charge in [0.2, 0.25) is 0 Å². The number of rotatable bonds is 5. The molecule has 1 N–H and O–H groups in total. The Morgan fingerprint density at radius 3 is 2.52 bits per heavy atom. The highest BCUT2D eigenvalue weighted by Gasteiger charge is 2.24. The average molecular weight is 405 g/mol. The van der Waals surface area contributed by atoms with Gasteiger partial charge in [-0.1, -0.05) is 41.9 Å². The van der Waals surface area contributed by atoms with Crippen LogP contribution in [0.1, 0.15) is 5.56 Å². The lowest BCUT2D eigenvalue weighted by molar-refractivity contribution is -0.384. The number of hydrogen-bond donors (Lipinski definition) is 1. The lowest BCUT2D eigenvalue weighted by Gasteiger charge is -2.37. The Kier molecular flexibility index (Phi) is 6.47. The van der Waals surface area contributed by atoms with Crippen molar-refractivity contribution in [3.63, 3.8) is 0 Å². The van der Waals surface area contributed by atoms with Crippen LogP contribution in [0.25, 0.3) is 0 Å². The maximum Gasteiger partial charge on any atom is 0.294 e. The third kappa shape index (κ3) is 5.08. The van der Waals surface area contributed by atoms with Crippen LogP contribution in [-0.2, 0) is 6.42 Å². The Hall–Kier alpha value is -2.38. The molecular formula is C19H21ClN4O2S. The minimum atomic E-state index is -0.386. The summed E-state index contributed by atoms with van der Waals surface area (Å²) in [4.78, 5) is 15.0. The molecule has 1 heterocycles. The minimum Gasteiger partial charge on any atom is -0.362 e. The zero-order chi connectivity index (χ0) is 19.2. The Morgan fingerprint density at radius 2 is 1.85 bits per heavy atom. The summed E-state index contributed by atoms with van der Waals surface area (Å²) < 4.78 is 0. The van der Waals surface area contributed by atoms with Crippen LogP contribution in [0.2, 0.25) is 5.02 Å². The second-order valence-corrected chi connectivity index (χ2v) is 7.15. The summed E-state index contributed by atoms with van der Waals surface area (Å²) in [6.45, 7) is 3.56. The lowest BCUT2D eigenvalue weighted by atomic mass is 10.1. The number of nitrogens with one attached hydrogen (secondary N) is 1. The summed E-state index contributed by atoms with van der Waals surface area (Å²) in [6, 6.07) is 15.1. The Morgan fingerprint density at radius 1 is 1.15 bits per heavy atom. The molecule has 0 saturated carbocycles. The highest BCUT2D eigenvalue weighted by molar-refractivity contribution is 7.80. The quantitative estimate of drug-likeness (QED) is 0.467. The van der Waals surface area contributed by atoms with Crippen molar-refractivity contribution < 1.29 is 4.92 Å². The third-order valence-electron chi connectivity index (χ3n) is 4.57. The first-order valence-electron chi connectivity index (χ1n) is 8.80. The summed E-state index contributed by atoms with van der Waals surface area (Å²) in [5.41, 5.74) is 1.92. The number of thiocarbonyl (C=S) groups is 1. The fourth-order valence-corrected chi connectivity index (χ4v) is 3.58. The summed E-state index contributed by atoms with van der Waals surface area (Å²) in [5, 5.41) is 15.7. The molecule has 27 heavy (non-hydrogen) atoms. The molecule has 142 valence electrons. The fourth-order valence-electron chi connectivity index (χ4n) is 3.13. The van der Waals surface area contributed by atoms with Crippen molar-refractivity contribution in [3.05, 3.63) is 69.2 Å². The number of piperazine rings is 1. The van der Waals surface area contributed by atoms with E-state index in [2.05, 4.69) is 22.3 Å². The molecule has 2 aromatic rings. The Labute approximate surface area is 168 Å². The van der Waals surface area contributed by atoms with Crippen LogP contribution in [0.15, 0.2) is 48.5 Å². The molecular weight excluding hydrogens is 384 g/mol. The van der Waals surface area contributed by atoms with Gasteiger partial charge in [0.25, 0.3) is 5.69 Å². The van der Waals surface area contributed by atoms with Crippen molar-refractivity contribution in [3.8, 4) is 0 Å². The van der Waals surface area contributed by atoms with Gasteiger partial charge in [-0.2, -0.15) is 0 Å². The second kappa shape index (κ2) is 9.01. The maximum absolute atomic E-state index is 11.3. The van der Waals surface area contributed by atoms with E-state index in [4.69, 9.17) is 23.8 Å². The van der Waals surface area contributed by atoms with Gasteiger partial charge < -0.3 is 15.1 Å². The van der Waals surface area contributed by atoms with Crippen LogP contribution >= 0.6 is 23.8 Å². The van der Waals surface area contributed by atoms with E-state index in [0.717, 1.165) is 31.2 Å². The predicted molar refractivity (Wildman–Crippen MR) is 113 cm³/mol. The molecule has 0 spiro atoms. The van der Waals surface area contributed by atoms with Crippen LogP contribution in [0.5, 0.6) is 0 Å². The van der Waals surface area contributed by atoms with Gasteiger partial charge in [-0.25, -0.2) is 0 Å². The average Bonchev–Trinajstić information content (AvgIpc) is 2.69. The lowest BCUT2D eigenvalue weighted by Crippen LogP contribution is -2.52. The van der Waals surface area contributed by atoms with Gasteiger partial charge in [0.05, 0.1) is 4.92 Å². The molecule has 0 radical (unpaired) electrons. The number of benzene rings is 2.